The Morgan fingerprint density at radius 3 is 2.46 bits per heavy atom. The van der Waals surface area contributed by atoms with Crippen LogP contribution in [0.25, 0.3) is 0 Å². The van der Waals surface area contributed by atoms with Crippen molar-refractivity contribution in [2.45, 2.75) is 12.5 Å². The average Bonchev–Trinajstić information content (AvgIpc) is 3.14. The maximum Gasteiger partial charge on any atom is 0.288 e. The topological polar surface area (TPSA) is 113 Å². The van der Waals surface area contributed by atoms with Gasteiger partial charge in [0.15, 0.2) is 0 Å². The van der Waals surface area contributed by atoms with Gasteiger partial charge in [-0.25, -0.2) is 4.90 Å². The van der Waals surface area contributed by atoms with Crippen molar-refractivity contribution in [3.8, 4) is 0 Å². The van der Waals surface area contributed by atoms with Gasteiger partial charge < -0.3 is 9.64 Å². The number of nitrogens with zero attached hydrogens (tertiary/aromatic N) is 4. The molecule has 0 N–H and O–H groups in total. The molecule has 2 fully saturated rings. The number of anilines is 1. The minimum absolute atomic E-state index is 0.00766. The maximum absolute atomic E-state index is 13.5. The summed E-state index contributed by atoms with van der Waals surface area (Å²) in [6.45, 7) is 3.05. The van der Waals surface area contributed by atoms with Gasteiger partial charge >= 0.3 is 0 Å². The molecule has 0 spiro atoms. The van der Waals surface area contributed by atoms with Crippen LogP contribution >= 0.6 is 23.2 Å². The second kappa shape index (κ2) is 10.7. The quantitative estimate of drug-likeness (QED) is 0.313. The molecule has 2 saturated heterocycles. The van der Waals surface area contributed by atoms with Crippen molar-refractivity contribution in [2.24, 2.45) is 0 Å². The summed E-state index contributed by atoms with van der Waals surface area (Å²) in [5, 5.41) is 11.7. The molecule has 1 unspecified atom stereocenters. The van der Waals surface area contributed by atoms with Crippen LogP contribution in [0.3, 0.4) is 0 Å². The lowest BCUT2D eigenvalue weighted by Gasteiger charge is -2.32. The minimum Gasteiger partial charge on any atom is -0.379 e. The van der Waals surface area contributed by atoms with Gasteiger partial charge in [-0.3, -0.25) is 29.4 Å². The van der Waals surface area contributed by atoms with Crippen LogP contribution in [-0.4, -0.2) is 77.9 Å². The van der Waals surface area contributed by atoms with E-state index in [1.165, 1.54) is 17.0 Å². The average molecular weight is 521 g/mol. The van der Waals surface area contributed by atoms with E-state index in [1.54, 1.807) is 24.3 Å². The van der Waals surface area contributed by atoms with Crippen molar-refractivity contribution in [3.05, 3.63) is 68.2 Å². The predicted octanol–water partition coefficient (Wildman–Crippen LogP) is 3.01. The first-order valence-corrected chi connectivity index (χ1v) is 11.7. The molecule has 0 aromatic heterocycles. The van der Waals surface area contributed by atoms with E-state index in [1.807, 2.05) is 0 Å². The zero-order chi connectivity index (χ0) is 25.1. The van der Waals surface area contributed by atoms with Gasteiger partial charge in [-0.05, 0) is 36.4 Å². The van der Waals surface area contributed by atoms with Crippen LogP contribution in [-0.2, 0) is 14.3 Å². The summed E-state index contributed by atoms with van der Waals surface area (Å²) in [6, 6.07) is 8.93. The fourth-order valence-electron chi connectivity index (χ4n) is 4.15. The van der Waals surface area contributed by atoms with Crippen molar-refractivity contribution < 1.29 is 24.0 Å². The van der Waals surface area contributed by atoms with E-state index in [-0.39, 0.29) is 23.6 Å². The Balaban J connectivity index is 1.63. The number of halogens is 2. The minimum atomic E-state index is -1.05. The summed E-state index contributed by atoms with van der Waals surface area (Å²) in [4.78, 5) is 54.9. The molecule has 0 saturated carbocycles. The van der Waals surface area contributed by atoms with Gasteiger partial charge in [-0.1, -0.05) is 23.2 Å². The molecule has 0 bridgehead atoms. The number of rotatable bonds is 7. The Morgan fingerprint density at radius 2 is 1.80 bits per heavy atom. The molecule has 184 valence electrons. The van der Waals surface area contributed by atoms with Gasteiger partial charge in [0.2, 0.25) is 5.91 Å². The molecule has 4 rings (SSSR count). The van der Waals surface area contributed by atoms with Crippen LogP contribution in [0.4, 0.5) is 11.4 Å². The molecule has 0 aliphatic carbocycles. The summed E-state index contributed by atoms with van der Waals surface area (Å²) in [5.74, 6) is -1.59. The predicted molar refractivity (Wildman–Crippen MR) is 129 cm³/mol. The lowest BCUT2D eigenvalue weighted by atomic mass is 10.1. The number of nitro benzene ring substituents is 1. The van der Waals surface area contributed by atoms with E-state index in [0.717, 1.165) is 11.0 Å². The number of hydrogen-bond acceptors (Lipinski definition) is 7. The van der Waals surface area contributed by atoms with Crippen LogP contribution in [0.15, 0.2) is 42.5 Å². The number of ether oxygens (including phenoxy) is 1. The number of hydrogen-bond donors (Lipinski definition) is 0. The van der Waals surface area contributed by atoms with Crippen molar-refractivity contribution in [2.75, 3.05) is 44.3 Å². The largest absolute Gasteiger partial charge is 0.379 e. The van der Waals surface area contributed by atoms with E-state index in [0.29, 0.717) is 43.6 Å². The van der Waals surface area contributed by atoms with Crippen molar-refractivity contribution in [1.29, 1.82) is 0 Å². The monoisotopic (exact) mass is 520 g/mol. The van der Waals surface area contributed by atoms with E-state index in [9.17, 15) is 24.5 Å². The Hall–Kier alpha value is -3.05. The van der Waals surface area contributed by atoms with Crippen LogP contribution in [0.1, 0.15) is 16.8 Å². The Kier molecular flexibility index (Phi) is 7.66. The fraction of sp³-hybridized carbons (Fsp3) is 0.348. The van der Waals surface area contributed by atoms with Crippen molar-refractivity contribution in [3.63, 3.8) is 0 Å². The van der Waals surface area contributed by atoms with Gasteiger partial charge in [0.1, 0.15) is 11.1 Å². The highest BCUT2D eigenvalue weighted by Crippen LogP contribution is 2.30. The summed E-state index contributed by atoms with van der Waals surface area (Å²) < 4.78 is 5.36. The molecule has 2 aromatic carbocycles. The van der Waals surface area contributed by atoms with Gasteiger partial charge in [-0.2, -0.15) is 0 Å². The van der Waals surface area contributed by atoms with Gasteiger partial charge in [0, 0.05) is 42.8 Å². The first-order chi connectivity index (χ1) is 16.8. The third-order valence-corrected chi connectivity index (χ3v) is 6.57. The third kappa shape index (κ3) is 5.46. The number of morpholine rings is 1. The SMILES string of the molecule is O=C1CC(N(CCN2CCOCC2)C(=O)c2ccc(Cl)c([N+](=O)[O-])c2)C(=O)N1c1ccc(Cl)cc1. The summed E-state index contributed by atoms with van der Waals surface area (Å²) in [6.07, 6.45) is -0.202. The second-order valence-electron chi connectivity index (χ2n) is 8.14. The fourth-order valence-corrected chi connectivity index (χ4v) is 4.46. The first kappa shape index (κ1) is 25.1. The highest BCUT2D eigenvalue weighted by molar-refractivity contribution is 6.33. The number of imide groups is 1. The Labute approximate surface area is 211 Å². The standard InChI is InChI=1S/C23H22Cl2N4O6/c24-16-2-4-17(5-3-16)28-21(30)14-20(23(28)32)27(8-7-26-9-11-35-12-10-26)22(31)15-1-6-18(25)19(13-15)29(33)34/h1-6,13,20H,7-12,14H2. The van der Waals surface area contributed by atoms with Crippen molar-refractivity contribution in [1.82, 2.24) is 9.80 Å². The zero-order valence-corrected chi connectivity index (χ0v) is 20.1. The highest BCUT2D eigenvalue weighted by Gasteiger charge is 2.44. The van der Waals surface area contributed by atoms with E-state index in [2.05, 4.69) is 4.90 Å². The molecule has 2 aliphatic heterocycles. The number of nitro groups is 1. The maximum atomic E-state index is 13.5. The second-order valence-corrected chi connectivity index (χ2v) is 8.98. The lowest BCUT2D eigenvalue weighted by Crippen LogP contribution is -2.49. The number of carbonyl (C=O) groups is 3. The molecule has 2 heterocycles. The Bertz CT molecular complexity index is 1150. The molecule has 12 heteroatoms. The summed E-state index contributed by atoms with van der Waals surface area (Å²) in [5.41, 5.74) is -0.0508. The smallest absolute Gasteiger partial charge is 0.288 e. The number of benzene rings is 2. The van der Waals surface area contributed by atoms with Gasteiger partial charge in [0.25, 0.3) is 17.5 Å². The number of carbonyl (C=O) groups excluding carboxylic acids is 3. The van der Waals surface area contributed by atoms with Crippen LogP contribution in [0.5, 0.6) is 0 Å². The molecular weight excluding hydrogens is 499 g/mol. The molecule has 2 aromatic rings. The van der Waals surface area contributed by atoms with E-state index < -0.39 is 34.4 Å². The molecule has 3 amide bonds. The lowest BCUT2D eigenvalue weighted by molar-refractivity contribution is -0.384. The number of amides is 3. The highest BCUT2D eigenvalue weighted by atomic mass is 35.5. The van der Waals surface area contributed by atoms with Gasteiger partial charge in [-0.15, -0.1) is 0 Å². The zero-order valence-electron chi connectivity index (χ0n) is 18.6. The molecule has 35 heavy (non-hydrogen) atoms. The molecule has 0 radical (unpaired) electrons. The Morgan fingerprint density at radius 1 is 1.11 bits per heavy atom. The van der Waals surface area contributed by atoms with Crippen LogP contribution < -0.4 is 4.90 Å². The van der Waals surface area contributed by atoms with E-state index >= 15 is 0 Å². The summed E-state index contributed by atoms with van der Waals surface area (Å²) in [7, 11) is 0. The molecular formula is C23H22Cl2N4O6. The molecule has 2 aliphatic rings. The van der Waals surface area contributed by atoms with Crippen LogP contribution in [0.2, 0.25) is 10.0 Å². The van der Waals surface area contributed by atoms with Crippen LogP contribution in [0, 0.1) is 10.1 Å². The van der Waals surface area contributed by atoms with Crippen molar-refractivity contribution >= 4 is 52.3 Å². The molecule has 1 atom stereocenters. The van der Waals surface area contributed by atoms with E-state index in [4.69, 9.17) is 27.9 Å². The summed E-state index contributed by atoms with van der Waals surface area (Å²) >= 11 is 11.8. The normalized spacial score (nSPS) is 18.7. The third-order valence-electron chi connectivity index (χ3n) is 6.00. The van der Waals surface area contributed by atoms with Gasteiger partial charge in [0.05, 0.1) is 30.2 Å². The first-order valence-electron chi connectivity index (χ1n) is 10.9. The molecule has 10 nitrogen and oxygen atoms in total.